The van der Waals surface area contributed by atoms with E-state index in [1.807, 2.05) is 6.07 Å². The van der Waals surface area contributed by atoms with Crippen LogP contribution in [0.15, 0.2) is 18.2 Å². The van der Waals surface area contributed by atoms with Gasteiger partial charge in [-0.05, 0) is 49.4 Å². The van der Waals surface area contributed by atoms with E-state index >= 15 is 0 Å². The van der Waals surface area contributed by atoms with Crippen molar-refractivity contribution in [2.75, 3.05) is 13.1 Å². The average Bonchev–Trinajstić information content (AvgIpc) is 2.46. The van der Waals surface area contributed by atoms with Crippen molar-refractivity contribution in [1.82, 2.24) is 5.32 Å². The van der Waals surface area contributed by atoms with Gasteiger partial charge in [0, 0.05) is 17.5 Å². The molecular weight excluding hydrogens is 273 g/mol. The molecule has 2 rings (SSSR count). The van der Waals surface area contributed by atoms with Crippen LogP contribution < -0.4 is 5.32 Å². The highest BCUT2D eigenvalue weighted by molar-refractivity contribution is 6.31. The predicted octanol–water partition coefficient (Wildman–Crippen LogP) is 5.14. The second-order valence-electron chi connectivity index (χ2n) is 5.87. The molecule has 20 heavy (non-hydrogen) atoms. The van der Waals surface area contributed by atoms with Gasteiger partial charge in [-0.2, -0.15) is 0 Å². The topological polar surface area (TPSA) is 12.0 Å². The molecule has 0 aliphatic heterocycles. The molecule has 0 amide bonds. The number of rotatable bonds is 6. The van der Waals surface area contributed by atoms with Crippen molar-refractivity contribution in [3.8, 4) is 0 Å². The van der Waals surface area contributed by atoms with Crippen LogP contribution in [0.4, 0.5) is 4.39 Å². The fourth-order valence-electron chi connectivity index (χ4n) is 3.30. The SMILES string of the molecule is CCCNCC(c1ccc(F)cc1Cl)C1CCCCC1. The standard InChI is InChI=1S/C17H25ClFN/c1-2-10-20-12-16(13-6-4-3-5-7-13)15-9-8-14(19)11-17(15)18/h8-9,11,13,16,20H,2-7,10,12H2,1H3. The van der Waals surface area contributed by atoms with Crippen LogP contribution in [0.25, 0.3) is 0 Å². The highest BCUT2D eigenvalue weighted by atomic mass is 35.5. The maximum absolute atomic E-state index is 13.3. The first-order valence-corrected chi connectivity index (χ1v) is 8.25. The monoisotopic (exact) mass is 297 g/mol. The molecule has 0 radical (unpaired) electrons. The van der Waals surface area contributed by atoms with Crippen LogP contribution in [-0.4, -0.2) is 13.1 Å². The van der Waals surface area contributed by atoms with E-state index in [9.17, 15) is 4.39 Å². The molecule has 1 nitrogen and oxygen atoms in total. The smallest absolute Gasteiger partial charge is 0.124 e. The first kappa shape index (κ1) is 15.8. The molecule has 1 N–H and O–H groups in total. The predicted molar refractivity (Wildman–Crippen MR) is 83.9 cm³/mol. The second kappa shape index (κ2) is 7.99. The summed E-state index contributed by atoms with van der Waals surface area (Å²) in [6.45, 7) is 4.15. The average molecular weight is 298 g/mol. The zero-order valence-electron chi connectivity index (χ0n) is 12.3. The Hall–Kier alpha value is -0.600. The molecule has 0 bridgehead atoms. The fourth-order valence-corrected chi connectivity index (χ4v) is 3.61. The van der Waals surface area contributed by atoms with Gasteiger partial charge >= 0.3 is 0 Å². The lowest BCUT2D eigenvalue weighted by Gasteiger charge is -2.31. The minimum Gasteiger partial charge on any atom is -0.316 e. The summed E-state index contributed by atoms with van der Waals surface area (Å²) in [4.78, 5) is 0. The Labute approximate surface area is 126 Å². The summed E-state index contributed by atoms with van der Waals surface area (Å²) < 4.78 is 13.3. The Bertz CT molecular complexity index is 415. The van der Waals surface area contributed by atoms with Crippen LogP contribution in [-0.2, 0) is 0 Å². The molecule has 1 aliphatic carbocycles. The molecule has 1 atom stereocenters. The van der Waals surface area contributed by atoms with Crippen LogP contribution in [0.2, 0.25) is 5.02 Å². The van der Waals surface area contributed by atoms with Crippen molar-refractivity contribution < 1.29 is 4.39 Å². The Kier molecular flexibility index (Phi) is 6.31. The summed E-state index contributed by atoms with van der Waals surface area (Å²) in [6, 6.07) is 4.87. The lowest BCUT2D eigenvalue weighted by Crippen LogP contribution is -2.28. The van der Waals surface area contributed by atoms with Crippen LogP contribution in [0.1, 0.15) is 56.9 Å². The lowest BCUT2D eigenvalue weighted by atomic mass is 9.76. The third-order valence-electron chi connectivity index (χ3n) is 4.37. The van der Waals surface area contributed by atoms with E-state index in [2.05, 4.69) is 12.2 Å². The molecule has 1 aliphatic rings. The first-order chi connectivity index (χ1) is 9.72. The van der Waals surface area contributed by atoms with Gasteiger partial charge < -0.3 is 5.32 Å². The normalized spacial score (nSPS) is 18.1. The minimum atomic E-state index is -0.248. The molecule has 1 saturated carbocycles. The van der Waals surface area contributed by atoms with E-state index in [1.54, 1.807) is 0 Å². The van der Waals surface area contributed by atoms with E-state index in [4.69, 9.17) is 11.6 Å². The van der Waals surface area contributed by atoms with Crippen molar-refractivity contribution >= 4 is 11.6 Å². The summed E-state index contributed by atoms with van der Waals surface area (Å²) >= 11 is 6.29. The van der Waals surface area contributed by atoms with Crippen LogP contribution in [0, 0.1) is 11.7 Å². The quantitative estimate of drug-likeness (QED) is 0.717. The van der Waals surface area contributed by atoms with Gasteiger partial charge in [0.1, 0.15) is 5.82 Å². The number of nitrogens with one attached hydrogen (secondary N) is 1. The van der Waals surface area contributed by atoms with Gasteiger partial charge in [-0.3, -0.25) is 0 Å². The molecule has 3 heteroatoms. The number of halogens is 2. The number of benzene rings is 1. The molecule has 1 aromatic carbocycles. The fraction of sp³-hybridized carbons (Fsp3) is 0.647. The Morgan fingerprint density at radius 1 is 1.30 bits per heavy atom. The molecular formula is C17H25ClFN. The van der Waals surface area contributed by atoms with E-state index in [-0.39, 0.29) is 5.82 Å². The van der Waals surface area contributed by atoms with E-state index < -0.39 is 0 Å². The second-order valence-corrected chi connectivity index (χ2v) is 6.28. The van der Waals surface area contributed by atoms with Crippen LogP contribution >= 0.6 is 11.6 Å². The molecule has 1 aromatic rings. The van der Waals surface area contributed by atoms with Crippen molar-refractivity contribution in [1.29, 1.82) is 0 Å². The Morgan fingerprint density at radius 3 is 2.70 bits per heavy atom. The third-order valence-corrected chi connectivity index (χ3v) is 4.70. The van der Waals surface area contributed by atoms with Crippen LogP contribution in [0.5, 0.6) is 0 Å². The van der Waals surface area contributed by atoms with Crippen LogP contribution in [0.3, 0.4) is 0 Å². The first-order valence-electron chi connectivity index (χ1n) is 7.88. The summed E-state index contributed by atoms with van der Waals surface area (Å²) in [5, 5.41) is 4.10. The van der Waals surface area contributed by atoms with Gasteiger partial charge in [-0.1, -0.05) is 43.9 Å². The summed E-state index contributed by atoms with van der Waals surface area (Å²) in [5.74, 6) is 0.841. The zero-order valence-corrected chi connectivity index (χ0v) is 13.1. The van der Waals surface area contributed by atoms with Gasteiger partial charge in [0.25, 0.3) is 0 Å². The van der Waals surface area contributed by atoms with Gasteiger partial charge in [-0.25, -0.2) is 4.39 Å². The number of hydrogen-bond acceptors (Lipinski definition) is 1. The summed E-state index contributed by atoms with van der Waals surface area (Å²) in [5.41, 5.74) is 1.11. The zero-order chi connectivity index (χ0) is 14.4. The molecule has 0 aromatic heterocycles. The van der Waals surface area contributed by atoms with Crippen molar-refractivity contribution in [2.45, 2.75) is 51.4 Å². The maximum Gasteiger partial charge on any atom is 0.124 e. The van der Waals surface area contributed by atoms with E-state index in [1.165, 1.54) is 44.2 Å². The number of hydrogen-bond donors (Lipinski definition) is 1. The molecule has 112 valence electrons. The van der Waals surface area contributed by atoms with Gasteiger partial charge in [0.2, 0.25) is 0 Å². The van der Waals surface area contributed by atoms with Crippen molar-refractivity contribution in [3.05, 3.63) is 34.6 Å². The molecule has 1 fully saturated rings. The third kappa shape index (κ3) is 4.20. The lowest BCUT2D eigenvalue weighted by molar-refractivity contribution is 0.297. The summed E-state index contributed by atoms with van der Waals surface area (Å²) in [6.07, 6.45) is 7.65. The molecule has 0 saturated heterocycles. The van der Waals surface area contributed by atoms with E-state index in [0.29, 0.717) is 16.9 Å². The minimum absolute atomic E-state index is 0.248. The largest absolute Gasteiger partial charge is 0.316 e. The Balaban J connectivity index is 2.15. The van der Waals surface area contributed by atoms with Crippen molar-refractivity contribution in [2.24, 2.45) is 5.92 Å². The molecule has 0 heterocycles. The highest BCUT2D eigenvalue weighted by Gasteiger charge is 2.26. The van der Waals surface area contributed by atoms with E-state index in [0.717, 1.165) is 25.1 Å². The van der Waals surface area contributed by atoms with Gasteiger partial charge in [0.15, 0.2) is 0 Å². The summed E-state index contributed by atoms with van der Waals surface area (Å²) in [7, 11) is 0. The van der Waals surface area contributed by atoms with Gasteiger partial charge in [-0.15, -0.1) is 0 Å². The molecule has 1 unspecified atom stereocenters. The van der Waals surface area contributed by atoms with Gasteiger partial charge in [0.05, 0.1) is 0 Å². The maximum atomic E-state index is 13.3. The Morgan fingerprint density at radius 2 is 2.05 bits per heavy atom. The highest BCUT2D eigenvalue weighted by Crippen LogP contribution is 2.38. The van der Waals surface area contributed by atoms with Crippen molar-refractivity contribution in [3.63, 3.8) is 0 Å². The molecule has 0 spiro atoms.